The van der Waals surface area contributed by atoms with E-state index in [9.17, 15) is 22.8 Å². The smallest absolute Gasteiger partial charge is 0.394 e. The second-order valence-corrected chi connectivity index (χ2v) is 6.22. The second kappa shape index (κ2) is 7.11. The van der Waals surface area contributed by atoms with Gasteiger partial charge in [0.2, 0.25) is 5.91 Å². The maximum absolute atomic E-state index is 12.7. The number of carbonyl (C=O) groups is 2. The first-order valence-electron chi connectivity index (χ1n) is 6.63. The number of halogens is 3. The van der Waals surface area contributed by atoms with Crippen LogP contribution in [0.4, 0.5) is 13.2 Å². The van der Waals surface area contributed by atoms with E-state index in [0.717, 1.165) is 13.8 Å². The van der Waals surface area contributed by atoms with Gasteiger partial charge in [-0.05, 0) is 18.8 Å². The summed E-state index contributed by atoms with van der Waals surface area (Å²) in [5.74, 6) is -2.12. The molecular weight excluding hydrogens is 289 g/mol. The molecule has 0 bridgehead atoms. The summed E-state index contributed by atoms with van der Waals surface area (Å²) in [6, 6.07) is -2.58. The van der Waals surface area contributed by atoms with Gasteiger partial charge in [0.15, 0.2) is 0 Å². The highest BCUT2D eigenvalue weighted by atomic mass is 19.4. The van der Waals surface area contributed by atoms with Crippen LogP contribution in [0.15, 0.2) is 0 Å². The third-order valence-corrected chi connectivity index (χ3v) is 3.16. The SMILES string of the molecule is CC(C)CC(NC(=O)C(N)CC(C)(C)C(F)(F)F)C(=O)O. The van der Waals surface area contributed by atoms with Gasteiger partial charge in [-0.1, -0.05) is 27.7 Å². The normalized spacial score (nSPS) is 15.7. The van der Waals surface area contributed by atoms with Crippen molar-refractivity contribution in [2.45, 2.75) is 58.8 Å². The summed E-state index contributed by atoms with van der Waals surface area (Å²) in [6.07, 6.45) is -4.93. The largest absolute Gasteiger partial charge is 0.480 e. The summed E-state index contributed by atoms with van der Waals surface area (Å²) in [5, 5.41) is 11.2. The number of carboxylic acid groups (broad SMARTS) is 1. The summed E-state index contributed by atoms with van der Waals surface area (Å²) in [7, 11) is 0. The van der Waals surface area contributed by atoms with Gasteiger partial charge in [0.05, 0.1) is 11.5 Å². The van der Waals surface area contributed by atoms with Gasteiger partial charge in [0.1, 0.15) is 6.04 Å². The van der Waals surface area contributed by atoms with Crippen LogP contribution in [0.2, 0.25) is 0 Å². The van der Waals surface area contributed by atoms with E-state index in [1.54, 1.807) is 13.8 Å². The summed E-state index contributed by atoms with van der Waals surface area (Å²) >= 11 is 0. The first-order chi connectivity index (χ1) is 9.28. The van der Waals surface area contributed by atoms with Gasteiger partial charge >= 0.3 is 12.1 Å². The number of amides is 1. The van der Waals surface area contributed by atoms with E-state index in [4.69, 9.17) is 10.8 Å². The molecule has 0 heterocycles. The molecule has 0 rings (SSSR count). The van der Waals surface area contributed by atoms with E-state index >= 15 is 0 Å². The molecule has 4 N–H and O–H groups in total. The molecule has 1 amide bonds. The van der Waals surface area contributed by atoms with Gasteiger partial charge in [-0.25, -0.2) is 4.79 Å². The van der Waals surface area contributed by atoms with E-state index in [1.165, 1.54) is 0 Å². The number of carbonyl (C=O) groups excluding carboxylic acids is 1. The van der Waals surface area contributed by atoms with Gasteiger partial charge in [0, 0.05) is 0 Å². The zero-order valence-electron chi connectivity index (χ0n) is 12.6. The van der Waals surface area contributed by atoms with E-state index in [1.807, 2.05) is 0 Å². The van der Waals surface area contributed by atoms with Crippen LogP contribution in [0.25, 0.3) is 0 Å². The average molecular weight is 312 g/mol. The number of carboxylic acids is 1. The minimum atomic E-state index is -4.49. The van der Waals surface area contributed by atoms with E-state index < -0.39 is 42.0 Å². The molecule has 0 saturated carbocycles. The first-order valence-corrected chi connectivity index (χ1v) is 6.63. The average Bonchev–Trinajstić information content (AvgIpc) is 2.24. The number of nitrogens with one attached hydrogen (secondary N) is 1. The van der Waals surface area contributed by atoms with Crippen molar-refractivity contribution >= 4 is 11.9 Å². The lowest BCUT2D eigenvalue weighted by molar-refractivity contribution is -0.214. The lowest BCUT2D eigenvalue weighted by Gasteiger charge is -2.30. The van der Waals surface area contributed by atoms with Crippen LogP contribution in [0.3, 0.4) is 0 Å². The Balaban J connectivity index is 4.75. The van der Waals surface area contributed by atoms with E-state index in [2.05, 4.69) is 5.32 Å². The third-order valence-electron chi connectivity index (χ3n) is 3.16. The van der Waals surface area contributed by atoms with Crippen molar-refractivity contribution < 1.29 is 27.9 Å². The van der Waals surface area contributed by atoms with Gasteiger partial charge in [-0.3, -0.25) is 4.79 Å². The Kier molecular flexibility index (Phi) is 6.66. The Morgan fingerprint density at radius 3 is 2.05 bits per heavy atom. The van der Waals surface area contributed by atoms with Crippen LogP contribution in [0, 0.1) is 11.3 Å². The molecule has 21 heavy (non-hydrogen) atoms. The maximum Gasteiger partial charge on any atom is 0.394 e. The number of nitrogens with two attached hydrogens (primary N) is 1. The van der Waals surface area contributed by atoms with Crippen molar-refractivity contribution in [3.8, 4) is 0 Å². The highest BCUT2D eigenvalue weighted by Crippen LogP contribution is 2.40. The first kappa shape index (κ1) is 19.7. The van der Waals surface area contributed by atoms with Crippen molar-refractivity contribution in [1.82, 2.24) is 5.32 Å². The third kappa shape index (κ3) is 6.33. The Bertz CT molecular complexity index is 381. The quantitative estimate of drug-likeness (QED) is 0.669. The summed E-state index contributed by atoms with van der Waals surface area (Å²) in [4.78, 5) is 22.8. The van der Waals surface area contributed by atoms with Crippen LogP contribution in [-0.4, -0.2) is 35.2 Å². The molecule has 124 valence electrons. The van der Waals surface area contributed by atoms with Gasteiger partial charge in [-0.15, -0.1) is 0 Å². The van der Waals surface area contributed by atoms with E-state index in [0.29, 0.717) is 0 Å². The minimum Gasteiger partial charge on any atom is -0.480 e. The predicted octanol–water partition coefficient (Wildman–Crippen LogP) is 1.91. The highest BCUT2D eigenvalue weighted by Gasteiger charge is 2.48. The molecule has 0 aromatic rings. The molecule has 0 aromatic carbocycles. The zero-order valence-corrected chi connectivity index (χ0v) is 12.6. The maximum atomic E-state index is 12.7. The molecule has 2 atom stereocenters. The lowest BCUT2D eigenvalue weighted by atomic mass is 9.85. The Labute approximate surface area is 122 Å². The molecule has 0 saturated heterocycles. The van der Waals surface area contributed by atoms with Crippen molar-refractivity contribution in [2.24, 2.45) is 17.1 Å². The molecule has 8 heteroatoms. The van der Waals surface area contributed by atoms with Crippen LogP contribution in [0.1, 0.15) is 40.5 Å². The van der Waals surface area contributed by atoms with Crippen molar-refractivity contribution in [3.05, 3.63) is 0 Å². The van der Waals surface area contributed by atoms with Crippen LogP contribution in [0.5, 0.6) is 0 Å². The number of aliphatic carboxylic acids is 1. The number of hydrogen-bond donors (Lipinski definition) is 3. The predicted molar refractivity (Wildman–Crippen MR) is 71.4 cm³/mol. The molecule has 0 fully saturated rings. The fourth-order valence-electron chi connectivity index (χ4n) is 1.73. The van der Waals surface area contributed by atoms with Crippen molar-refractivity contribution in [1.29, 1.82) is 0 Å². The summed E-state index contributed by atoms with van der Waals surface area (Å²) < 4.78 is 38.2. The number of hydrogen-bond acceptors (Lipinski definition) is 3. The fraction of sp³-hybridized carbons (Fsp3) is 0.846. The molecule has 0 aliphatic heterocycles. The molecule has 5 nitrogen and oxygen atoms in total. The van der Waals surface area contributed by atoms with Crippen molar-refractivity contribution in [3.63, 3.8) is 0 Å². The van der Waals surface area contributed by atoms with Gasteiger partial charge in [0.25, 0.3) is 0 Å². The van der Waals surface area contributed by atoms with Crippen LogP contribution in [-0.2, 0) is 9.59 Å². The summed E-state index contributed by atoms with van der Waals surface area (Å²) in [5.41, 5.74) is 3.35. The molecular formula is C13H23F3N2O3. The number of rotatable bonds is 7. The van der Waals surface area contributed by atoms with Crippen LogP contribution < -0.4 is 11.1 Å². The molecule has 0 radical (unpaired) electrons. The molecule has 0 aliphatic carbocycles. The number of alkyl halides is 3. The molecule has 0 aliphatic rings. The second-order valence-electron chi connectivity index (χ2n) is 6.22. The Morgan fingerprint density at radius 2 is 1.71 bits per heavy atom. The minimum absolute atomic E-state index is 0.00856. The monoisotopic (exact) mass is 312 g/mol. The highest BCUT2D eigenvalue weighted by molar-refractivity contribution is 5.86. The Morgan fingerprint density at radius 1 is 1.24 bits per heavy atom. The standard InChI is InChI=1S/C13H23F3N2O3/c1-7(2)5-9(11(20)21)18-10(19)8(17)6-12(3,4)13(14,15)16/h7-9H,5-6,17H2,1-4H3,(H,18,19)(H,20,21). The molecule has 2 unspecified atom stereocenters. The van der Waals surface area contributed by atoms with Gasteiger partial charge < -0.3 is 16.2 Å². The van der Waals surface area contributed by atoms with Crippen molar-refractivity contribution in [2.75, 3.05) is 0 Å². The van der Waals surface area contributed by atoms with Gasteiger partial charge in [-0.2, -0.15) is 13.2 Å². The topological polar surface area (TPSA) is 92.4 Å². The summed E-state index contributed by atoms with van der Waals surface area (Å²) in [6.45, 7) is 5.44. The fourth-order valence-corrected chi connectivity index (χ4v) is 1.73. The molecule has 0 spiro atoms. The van der Waals surface area contributed by atoms with E-state index in [-0.39, 0.29) is 12.3 Å². The Hall–Kier alpha value is -1.31. The molecule has 0 aromatic heterocycles. The van der Waals surface area contributed by atoms with Crippen LogP contribution >= 0.6 is 0 Å². The lowest BCUT2D eigenvalue weighted by Crippen LogP contribution is -2.51. The zero-order chi connectivity index (χ0) is 17.0.